The first-order chi connectivity index (χ1) is 13.5. The van der Waals surface area contributed by atoms with E-state index in [9.17, 15) is 14.4 Å². The number of fused-ring (bicyclic) bond motifs is 1. The van der Waals surface area contributed by atoms with E-state index in [0.717, 1.165) is 10.5 Å². The van der Waals surface area contributed by atoms with Crippen molar-refractivity contribution in [3.63, 3.8) is 0 Å². The Morgan fingerprint density at radius 3 is 2.25 bits per heavy atom. The Morgan fingerprint density at radius 2 is 1.54 bits per heavy atom. The normalized spacial score (nSPS) is 12.8. The van der Waals surface area contributed by atoms with Crippen LogP contribution in [-0.4, -0.2) is 17.7 Å². The van der Waals surface area contributed by atoms with E-state index >= 15 is 0 Å². The molecule has 0 unspecified atom stereocenters. The molecule has 3 amide bonds. The number of hydrogen-bond acceptors (Lipinski definition) is 3. The highest BCUT2D eigenvalue weighted by Gasteiger charge is 2.36. The highest BCUT2D eigenvalue weighted by atomic mass is 35.5. The molecule has 1 N–H and O–H groups in total. The van der Waals surface area contributed by atoms with Gasteiger partial charge in [-0.05, 0) is 48.0 Å². The third kappa shape index (κ3) is 3.40. The van der Waals surface area contributed by atoms with Crippen LogP contribution in [0.4, 0.5) is 11.4 Å². The number of benzene rings is 3. The van der Waals surface area contributed by atoms with Crippen LogP contribution < -0.4 is 10.2 Å². The second-order valence-corrected chi connectivity index (χ2v) is 6.83. The molecule has 138 valence electrons. The molecule has 5 nitrogen and oxygen atoms in total. The van der Waals surface area contributed by atoms with Gasteiger partial charge >= 0.3 is 0 Å². The van der Waals surface area contributed by atoms with Crippen LogP contribution in [0.15, 0.2) is 72.8 Å². The fraction of sp³-hybridized carbons (Fsp3) is 0.0455. The van der Waals surface area contributed by atoms with Crippen LogP contribution in [0.1, 0.15) is 26.3 Å². The van der Waals surface area contributed by atoms with Gasteiger partial charge in [0.1, 0.15) is 0 Å². The lowest BCUT2D eigenvalue weighted by molar-refractivity contribution is -0.115. The molecule has 3 aromatic rings. The molecule has 0 bridgehead atoms. The summed E-state index contributed by atoms with van der Waals surface area (Å²) in [5, 5.41) is 3.38. The smallest absolute Gasteiger partial charge is 0.266 e. The summed E-state index contributed by atoms with van der Waals surface area (Å²) in [6.07, 6.45) is 0.178. The number of nitrogens with one attached hydrogen (secondary N) is 1. The van der Waals surface area contributed by atoms with E-state index in [0.29, 0.717) is 22.0 Å². The number of amides is 3. The number of hydrogen-bond donors (Lipinski definition) is 1. The van der Waals surface area contributed by atoms with E-state index in [2.05, 4.69) is 5.32 Å². The molecule has 0 aliphatic carbocycles. The Balaban J connectivity index is 1.53. The molecular weight excluding hydrogens is 376 g/mol. The van der Waals surface area contributed by atoms with Gasteiger partial charge in [0.15, 0.2) is 0 Å². The zero-order chi connectivity index (χ0) is 19.7. The van der Waals surface area contributed by atoms with E-state index in [1.54, 1.807) is 60.7 Å². The third-order valence-corrected chi connectivity index (χ3v) is 4.71. The first-order valence-corrected chi connectivity index (χ1v) is 9.03. The number of imide groups is 1. The van der Waals surface area contributed by atoms with Gasteiger partial charge in [-0.3, -0.25) is 14.4 Å². The molecule has 0 radical (unpaired) electrons. The summed E-state index contributed by atoms with van der Waals surface area (Å²) in [5.41, 5.74) is 2.41. The van der Waals surface area contributed by atoms with Crippen LogP contribution in [0.5, 0.6) is 0 Å². The van der Waals surface area contributed by atoms with Crippen molar-refractivity contribution in [1.82, 2.24) is 0 Å². The standard InChI is InChI=1S/C22H15ClN2O3/c23-15-8-6-14(7-9-15)12-20(26)24-16-10-11-18-19(13-16)22(28)25(21(18)27)17-4-2-1-3-5-17/h1-11,13H,12H2,(H,24,26). The molecule has 0 fully saturated rings. The Hall–Kier alpha value is -3.44. The van der Waals surface area contributed by atoms with E-state index in [1.807, 2.05) is 6.07 Å². The van der Waals surface area contributed by atoms with Gasteiger partial charge in [-0.2, -0.15) is 0 Å². The maximum atomic E-state index is 12.7. The minimum absolute atomic E-state index is 0.178. The average Bonchev–Trinajstić information content (AvgIpc) is 2.94. The number of carbonyl (C=O) groups excluding carboxylic acids is 3. The molecule has 3 aromatic carbocycles. The minimum Gasteiger partial charge on any atom is -0.326 e. The lowest BCUT2D eigenvalue weighted by atomic mass is 10.1. The summed E-state index contributed by atoms with van der Waals surface area (Å²) >= 11 is 5.85. The Morgan fingerprint density at radius 1 is 0.857 bits per heavy atom. The number of halogens is 1. The van der Waals surface area contributed by atoms with Crippen LogP contribution in [0.25, 0.3) is 0 Å². The number of nitrogens with zero attached hydrogens (tertiary/aromatic N) is 1. The van der Waals surface area contributed by atoms with Crippen molar-refractivity contribution in [2.45, 2.75) is 6.42 Å². The third-order valence-electron chi connectivity index (χ3n) is 4.46. The largest absolute Gasteiger partial charge is 0.326 e. The number of carbonyl (C=O) groups is 3. The highest BCUT2D eigenvalue weighted by Crippen LogP contribution is 2.30. The number of rotatable bonds is 4. The first-order valence-electron chi connectivity index (χ1n) is 8.65. The van der Waals surface area contributed by atoms with Gasteiger partial charge in [-0.15, -0.1) is 0 Å². The molecule has 28 heavy (non-hydrogen) atoms. The van der Waals surface area contributed by atoms with Crippen LogP contribution in [0, 0.1) is 0 Å². The fourth-order valence-electron chi connectivity index (χ4n) is 3.12. The second-order valence-electron chi connectivity index (χ2n) is 6.39. The van der Waals surface area contributed by atoms with Gasteiger partial charge in [-0.1, -0.05) is 41.9 Å². The average molecular weight is 391 g/mol. The molecule has 1 heterocycles. The quantitative estimate of drug-likeness (QED) is 0.674. The van der Waals surface area contributed by atoms with Crippen LogP contribution >= 0.6 is 11.6 Å². The van der Waals surface area contributed by atoms with Gasteiger partial charge in [0.05, 0.1) is 23.2 Å². The molecule has 0 atom stereocenters. The summed E-state index contributed by atoms with van der Waals surface area (Å²) in [5.74, 6) is -0.996. The van der Waals surface area contributed by atoms with Crippen molar-refractivity contribution in [2.75, 3.05) is 10.2 Å². The van der Waals surface area contributed by atoms with Crippen molar-refractivity contribution in [1.29, 1.82) is 0 Å². The second kappa shape index (κ2) is 7.29. The maximum Gasteiger partial charge on any atom is 0.266 e. The van der Waals surface area contributed by atoms with Crippen molar-refractivity contribution >= 4 is 40.7 Å². The molecule has 1 aliphatic rings. The Kier molecular flexibility index (Phi) is 4.67. The Bertz CT molecular complexity index is 1080. The molecule has 0 spiro atoms. The lowest BCUT2D eigenvalue weighted by Crippen LogP contribution is -2.29. The minimum atomic E-state index is -0.403. The summed E-state index contributed by atoms with van der Waals surface area (Å²) in [6.45, 7) is 0. The van der Waals surface area contributed by atoms with E-state index < -0.39 is 5.91 Å². The van der Waals surface area contributed by atoms with Gasteiger partial charge in [0.2, 0.25) is 5.91 Å². The predicted molar refractivity (Wildman–Crippen MR) is 108 cm³/mol. The zero-order valence-electron chi connectivity index (χ0n) is 14.7. The monoisotopic (exact) mass is 390 g/mol. The van der Waals surface area contributed by atoms with Crippen LogP contribution in [0.2, 0.25) is 5.02 Å². The summed E-state index contributed by atoms with van der Waals surface area (Å²) in [6, 6.07) is 20.5. The van der Waals surface area contributed by atoms with Crippen molar-refractivity contribution in [3.05, 3.63) is 94.5 Å². The molecule has 1 aliphatic heterocycles. The molecule has 6 heteroatoms. The molecular formula is C22H15ClN2O3. The van der Waals surface area contributed by atoms with Gasteiger partial charge < -0.3 is 5.32 Å². The molecule has 4 rings (SSSR count). The number of anilines is 2. The summed E-state index contributed by atoms with van der Waals surface area (Å²) in [7, 11) is 0. The van der Waals surface area contributed by atoms with E-state index in [4.69, 9.17) is 11.6 Å². The molecule has 0 saturated heterocycles. The number of para-hydroxylation sites is 1. The topological polar surface area (TPSA) is 66.5 Å². The van der Waals surface area contributed by atoms with Gasteiger partial charge in [0.25, 0.3) is 11.8 Å². The SMILES string of the molecule is O=C(Cc1ccc(Cl)cc1)Nc1ccc2c(c1)C(=O)N(c1ccccc1)C2=O. The summed E-state index contributed by atoms with van der Waals surface area (Å²) in [4.78, 5) is 38.8. The predicted octanol–water partition coefficient (Wildman–Crippen LogP) is 4.32. The zero-order valence-corrected chi connectivity index (χ0v) is 15.4. The van der Waals surface area contributed by atoms with Crippen LogP contribution in [0.3, 0.4) is 0 Å². The van der Waals surface area contributed by atoms with Gasteiger partial charge in [-0.25, -0.2) is 4.90 Å². The first kappa shape index (κ1) is 17.9. The Labute approximate surface area is 166 Å². The lowest BCUT2D eigenvalue weighted by Gasteiger charge is -2.13. The van der Waals surface area contributed by atoms with Crippen molar-refractivity contribution in [2.24, 2.45) is 0 Å². The molecule has 0 aromatic heterocycles. The maximum absolute atomic E-state index is 12.7. The highest BCUT2D eigenvalue weighted by molar-refractivity contribution is 6.34. The van der Waals surface area contributed by atoms with Crippen molar-refractivity contribution in [3.8, 4) is 0 Å². The van der Waals surface area contributed by atoms with Crippen LogP contribution in [-0.2, 0) is 11.2 Å². The summed E-state index contributed by atoms with van der Waals surface area (Å²) < 4.78 is 0. The fourth-order valence-corrected chi connectivity index (χ4v) is 3.25. The van der Waals surface area contributed by atoms with E-state index in [1.165, 1.54) is 6.07 Å². The van der Waals surface area contributed by atoms with Crippen molar-refractivity contribution < 1.29 is 14.4 Å². The molecule has 0 saturated carbocycles. The van der Waals surface area contributed by atoms with Gasteiger partial charge in [0, 0.05) is 10.7 Å². The van der Waals surface area contributed by atoms with E-state index in [-0.39, 0.29) is 23.8 Å².